The van der Waals surface area contributed by atoms with Gasteiger partial charge in [0.25, 0.3) is 0 Å². The van der Waals surface area contributed by atoms with Gasteiger partial charge < -0.3 is 0 Å². The molecule has 5 unspecified atom stereocenters. The van der Waals surface area contributed by atoms with E-state index in [1.54, 1.807) is 11.1 Å². The molecule has 0 nitrogen and oxygen atoms in total. The minimum atomic E-state index is 0.651. The predicted octanol–water partition coefficient (Wildman–Crippen LogP) is 9.98. The summed E-state index contributed by atoms with van der Waals surface area (Å²) in [6, 6.07) is 7.23. The van der Waals surface area contributed by atoms with Gasteiger partial charge in [0, 0.05) is 0 Å². The molecule has 1 aromatic rings. The lowest BCUT2D eigenvalue weighted by Gasteiger charge is -2.46. The van der Waals surface area contributed by atoms with Crippen LogP contribution in [0.25, 0.3) is 0 Å². The summed E-state index contributed by atoms with van der Waals surface area (Å²) in [4.78, 5) is 0. The lowest BCUT2D eigenvalue weighted by molar-refractivity contribution is 0.0492. The third kappa shape index (κ3) is 6.35. The summed E-state index contributed by atoms with van der Waals surface area (Å²) in [6.45, 7) is 23.7. The van der Waals surface area contributed by atoms with Crippen molar-refractivity contribution in [2.75, 3.05) is 0 Å². The van der Waals surface area contributed by atoms with Gasteiger partial charge in [-0.25, -0.2) is 0 Å². The van der Waals surface area contributed by atoms with Crippen LogP contribution in [0.1, 0.15) is 130 Å². The fourth-order valence-electron chi connectivity index (χ4n) is 5.75. The number of unbranched alkanes of at least 4 members (excludes halogenated alkanes) is 1. The smallest absolute Gasteiger partial charge is 0.0125 e. The van der Waals surface area contributed by atoms with Gasteiger partial charge in [0.1, 0.15) is 0 Å². The summed E-state index contributed by atoms with van der Waals surface area (Å²) in [7, 11) is 0. The van der Waals surface area contributed by atoms with E-state index in [1.807, 2.05) is 41.5 Å². The van der Waals surface area contributed by atoms with Crippen LogP contribution in [0, 0.1) is 30.1 Å². The Kier molecular flexibility index (Phi) is 13.9. The van der Waals surface area contributed by atoms with Crippen LogP contribution >= 0.6 is 0 Å². The molecule has 170 valence electrons. The maximum atomic E-state index is 2.60. The van der Waals surface area contributed by atoms with Crippen molar-refractivity contribution in [1.29, 1.82) is 0 Å². The molecule has 0 N–H and O–H groups in total. The van der Waals surface area contributed by atoms with Crippen molar-refractivity contribution in [3.63, 3.8) is 0 Å². The van der Waals surface area contributed by atoms with Gasteiger partial charge in [0.15, 0.2) is 0 Å². The molecule has 0 aliphatic heterocycles. The Morgan fingerprint density at radius 2 is 1.48 bits per heavy atom. The van der Waals surface area contributed by atoms with E-state index >= 15 is 0 Å². The highest BCUT2D eigenvalue weighted by Gasteiger charge is 2.54. The third-order valence-electron chi connectivity index (χ3n) is 7.56. The molecule has 0 saturated heterocycles. The van der Waals surface area contributed by atoms with Gasteiger partial charge in [-0.15, -0.1) is 0 Å². The molecule has 0 heteroatoms. The SMILES string of the molecule is CC.CC.CC.CCCC.Cc1ccc2c(c1)CC1C2CCC2(C)C(C)CCC12. The predicted molar refractivity (Wildman–Crippen MR) is 135 cm³/mol. The molecular formula is C29H54. The highest BCUT2D eigenvalue weighted by molar-refractivity contribution is 5.40. The zero-order valence-electron chi connectivity index (χ0n) is 22.0. The largest absolute Gasteiger partial charge is 0.0683 e. The van der Waals surface area contributed by atoms with Crippen LogP contribution in [0.2, 0.25) is 0 Å². The molecular weight excluding hydrogens is 348 g/mol. The van der Waals surface area contributed by atoms with Gasteiger partial charge in [0.05, 0.1) is 0 Å². The second-order valence-corrected chi connectivity index (χ2v) is 8.81. The molecule has 0 amide bonds. The number of hydrogen-bond acceptors (Lipinski definition) is 0. The van der Waals surface area contributed by atoms with Gasteiger partial charge in [-0.1, -0.05) is 106 Å². The average molecular weight is 403 g/mol. The number of rotatable bonds is 1. The first-order valence-electron chi connectivity index (χ1n) is 13.1. The van der Waals surface area contributed by atoms with Crippen molar-refractivity contribution >= 4 is 0 Å². The van der Waals surface area contributed by atoms with Crippen LogP contribution in [0.3, 0.4) is 0 Å². The van der Waals surface area contributed by atoms with Crippen LogP contribution in [-0.2, 0) is 6.42 Å². The van der Waals surface area contributed by atoms with Gasteiger partial charge >= 0.3 is 0 Å². The Morgan fingerprint density at radius 1 is 0.897 bits per heavy atom. The standard InChI is InChI=1S/C19H26.C4H10.3C2H6/c1-12-4-6-15-14(10-12)11-17-16(15)8-9-19(3)13(2)5-7-18(17)19;1-3-4-2;3*1-2/h4,6,10,13,16-18H,5,7-9,11H2,1-3H3;3-4H2,1-2H3;3*1-2H3. The Labute approximate surface area is 185 Å². The molecule has 2 fully saturated rings. The lowest BCUT2D eigenvalue weighted by atomic mass is 9.58. The van der Waals surface area contributed by atoms with Crippen molar-refractivity contribution in [3.05, 3.63) is 34.9 Å². The summed E-state index contributed by atoms with van der Waals surface area (Å²) in [5.41, 5.74) is 5.48. The Bertz CT molecular complexity index is 541. The number of hydrogen-bond donors (Lipinski definition) is 0. The van der Waals surface area contributed by atoms with Crippen LogP contribution in [0.15, 0.2) is 18.2 Å². The number of fused-ring (bicyclic) bond motifs is 5. The van der Waals surface area contributed by atoms with E-state index in [1.165, 1.54) is 50.5 Å². The molecule has 1 aromatic carbocycles. The van der Waals surface area contributed by atoms with Crippen molar-refractivity contribution in [1.82, 2.24) is 0 Å². The molecule has 2 saturated carbocycles. The van der Waals surface area contributed by atoms with E-state index in [0.717, 1.165) is 23.7 Å². The topological polar surface area (TPSA) is 0 Å². The van der Waals surface area contributed by atoms with Gasteiger partial charge in [-0.2, -0.15) is 0 Å². The van der Waals surface area contributed by atoms with E-state index in [2.05, 4.69) is 52.8 Å². The van der Waals surface area contributed by atoms with Crippen LogP contribution in [-0.4, -0.2) is 0 Å². The minimum absolute atomic E-state index is 0.651. The zero-order chi connectivity index (χ0) is 22.6. The molecule has 5 atom stereocenters. The monoisotopic (exact) mass is 402 g/mol. The van der Waals surface area contributed by atoms with E-state index in [0.29, 0.717) is 5.41 Å². The fourth-order valence-corrected chi connectivity index (χ4v) is 5.75. The Balaban J connectivity index is 0.000000681. The fraction of sp³-hybridized carbons (Fsp3) is 0.793. The maximum absolute atomic E-state index is 2.60. The first-order valence-corrected chi connectivity index (χ1v) is 13.1. The molecule has 0 radical (unpaired) electrons. The highest BCUT2D eigenvalue weighted by atomic mass is 14.6. The zero-order valence-corrected chi connectivity index (χ0v) is 22.0. The van der Waals surface area contributed by atoms with E-state index in [-0.39, 0.29) is 0 Å². The van der Waals surface area contributed by atoms with Gasteiger partial charge in [-0.05, 0) is 79.2 Å². The average Bonchev–Trinajstić information content (AvgIpc) is 3.29. The van der Waals surface area contributed by atoms with Crippen molar-refractivity contribution < 1.29 is 0 Å². The summed E-state index contributed by atoms with van der Waals surface area (Å²) >= 11 is 0. The summed E-state index contributed by atoms with van der Waals surface area (Å²) in [5, 5.41) is 0. The minimum Gasteiger partial charge on any atom is -0.0683 e. The van der Waals surface area contributed by atoms with Crippen LogP contribution in [0.4, 0.5) is 0 Å². The van der Waals surface area contributed by atoms with Crippen molar-refractivity contribution in [2.45, 2.75) is 127 Å². The highest BCUT2D eigenvalue weighted by Crippen LogP contribution is 2.63. The molecule has 0 heterocycles. The number of benzene rings is 1. The first-order chi connectivity index (χ1) is 14.0. The third-order valence-corrected chi connectivity index (χ3v) is 7.56. The van der Waals surface area contributed by atoms with Crippen molar-refractivity contribution in [2.24, 2.45) is 23.2 Å². The lowest BCUT2D eigenvalue weighted by Crippen LogP contribution is -2.38. The Hall–Kier alpha value is -0.780. The summed E-state index contributed by atoms with van der Waals surface area (Å²) in [5.74, 6) is 3.79. The molecule has 29 heavy (non-hydrogen) atoms. The quantitative estimate of drug-likeness (QED) is 0.438. The molecule has 0 spiro atoms. The summed E-state index contributed by atoms with van der Waals surface area (Å²) in [6.07, 6.45) is 9.88. The second kappa shape index (κ2) is 14.3. The van der Waals surface area contributed by atoms with E-state index < -0.39 is 0 Å². The van der Waals surface area contributed by atoms with Gasteiger partial charge in [0.2, 0.25) is 0 Å². The molecule has 0 bridgehead atoms. The normalized spacial score (nSPS) is 30.3. The van der Waals surface area contributed by atoms with E-state index in [9.17, 15) is 0 Å². The molecule has 0 aromatic heterocycles. The first kappa shape index (κ1) is 28.2. The van der Waals surface area contributed by atoms with E-state index in [4.69, 9.17) is 0 Å². The van der Waals surface area contributed by atoms with Crippen molar-refractivity contribution in [3.8, 4) is 0 Å². The van der Waals surface area contributed by atoms with Crippen LogP contribution < -0.4 is 0 Å². The molecule has 3 aliphatic carbocycles. The molecule has 4 rings (SSSR count). The summed E-state index contributed by atoms with van der Waals surface area (Å²) < 4.78 is 0. The molecule has 3 aliphatic rings. The van der Waals surface area contributed by atoms with Gasteiger partial charge in [-0.3, -0.25) is 0 Å². The van der Waals surface area contributed by atoms with Crippen LogP contribution in [0.5, 0.6) is 0 Å². The second-order valence-electron chi connectivity index (χ2n) is 8.81. The Morgan fingerprint density at radius 3 is 2.03 bits per heavy atom. The number of aryl methyl sites for hydroxylation is 1. The maximum Gasteiger partial charge on any atom is -0.0125 e.